The van der Waals surface area contributed by atoms with Crippen LogP contribution in [0.1, 0.15) is 12.8 Å². The second kappa shape index (κ2) is 8.97. The predicted octanol–water partition coefficient (Wildman–Crippen LogP) is 2.36. The van der Waals surface area contributed by atoms with Crippen molar-refractivity contribution in [3.63, 3.8) is 0 Å². The third-order valence-corrected chi connectivity index (χ3v) is 5.47. The highest BCUT2D eigenvalue weighted by Crippen LogP contribution is 2.30. The summed E-state index contributed by atoms with van der Waals surface area (Å²) in [6.07, 6.45) is 2.97. The molecule has 1 aromatic heterocycles. The van der Waals surface area contributed by atoms with E-state index in [1.807, 2.05) is 7.05 Å². The van der Waals surface area contributed by atoms with Gasteiger partial charge in [0.05, 0.1) is 6.54 Å². The van der Waals surface area contributed by atoms with Crippen LogP contribution in [-0.4, -0.2) is 66.6 Å². The number of carbonyl (C=O) groups is 2. The number of carboxylic acid groups (broad SMARTS) is 1. The molecule has 1 amide bonds. The van der Waals surface area contributed by atoms with Crippen LogP contribution in [0.2, 0.25) is 0 Å². The SMILES string of the molecule is CNC(CN(CC=O)C(=O)O)C1CCN(c2nccc3cc(F)ccc23)CC1. The van der Waals surface area contributed by atoms with Crippen LogP contribution < -0.4 is 10.2 Å². The van der Waals surface area contributed by atoms with Crippen molar-refractivity contribution >= 4 is 29.0 Å². The third-order valence-electron chi connectivity index (χ3n) is 5.47. The third kappa shape index (κ3) is 4.39. The molecule has 0 spiro atoms. The monoisotopic (exact) mass is 388 g/mol. The molecule has 2 N–H and O–H groups in total. The van der Waals surface area contributed by atoms with E-state index < -0.39 is 6.09 Å². The Labute approximate surface area is 163 Å². The van der Waals surface area contributed by atoms with E-state index >= 15 is 0 Å². The molecule has 0 saturated carbocycles. The zero-order valence-corrected chi connectivity index (χ0v) is 15.8. The maximum Gasteiger partial charge on any atom is 0.407 e. The molecule has 1 aliphatic rings. The summed E-state index contributed by atoms with van der Waals surface area (Å²) in [5, 5.41) is 14.2. The van der Waals surface area contributed by atoms with Crippen molar-refractivity contribution < 1.29 is 19.1 Å². The number of nitrogens with one attached hydrogen (secondary N) is 1. The van der Waals surface area contributed by atoms with Gasteiger partial charge in [-0.25, -0.2) is 14.2 Å². The van der Waals surface area contributed by atoms with Gasteiger partial charge in [0.1, 0.15) is 17.9 Å². The molecule has 28 heavy (non-hydrogen) atoms. The normalized spacial score (nSPS) is 16.1. The van der Waals surface area contributed by atoms with Crippen molar-refractivity contribution in [3.05, 3.63) is 36.3 Å². The first kappa shape index (κ1) is 20.0. The lowest BCUT2D eigenvalue weighted by molar-refractivity contribution is -0.108. The van der Waals surface area contributed by atoms with Crippen LogP contribution in [0.3, 0.4) is 0 Å². The van der Waals surface area contributed by atoms with Gasteiger partial charge in [0, 0.05) is 37.3 Å². The lowest BCUT2D eigenvalue weighted by Gasteiger charge is -2.38. The fourth-order valence-electron chi connectivity index (χ4n) is 3.93. The number of benzene rings is 1. The molecule has 0 bridgehead atoms. The molecule has 2 heterocycles. The lowest BCUT2D eigenvalue weighted by atomic mass is 9.89. The molecule has 7 nitrogen and oxygen atoms in total. The Balaban J connectivity index is 1.68. The van der Waals surface area contributed by atoms with Crippen molar-refractivity contribution in [2.24, 2.45) is 5.92 Å². The Morgan fingerprint density at radius 3 is 2.82 bits per heavy atom. The Kier molecular flexibility index (Phi) is 6.41. The summed E-state index contributed by atoms with van der Waals surface area (Å²) in [6, 6.07) is 6.51. The number of aromatic nitrogens is 1. The average Bonchev–Trinajstić information content (AvgIpc) is 2.70. The molecule has 1 unspecified atom stereocenters. The average molecular weight is 388 g/mol. The van der Waals surface area contributed by atoms with Gasteiger partial charge in [-0.15, -0.1) is 0 Å². The Morgan fingerprint density at radius 1 is 1.43 bits per heavy atom. The summed E-state index contributed by atoms with van der Waals surface area (Å²) in [5.41, 5.74) is 0. The van der Waals surface area contributed by atoms with Crippen LogP contribution in [-0.2, 0) is 4.79 Å². The van der Waals surface area contributed by atoms with E-state index in [1.54, 1.807) is 18.3 Å². The molecule has 1 aliphatic heterocycles. The molecular formula is C20H25FN4O3. The van der Waals surface area contributed by atoms with Gasteiger partial charge in [0.15, 0.2) is 0 Å². The maximum atomic E-state index is 13.5. The number of anilines is 1. The van der Waals surface area contributed by atoms with Crippen molar-refractivity contribution in [2.75, 3.05) is 38.1 Å². The van der Waals surface area contributed by atoms with E-state index in [9.17, 15) is 19.1 Å². The van der Waals surface area contributed by atoms with E-state index in [4.69, 9.17) is 0 Å². The zero-order chi connectivity index (χ0) is 20.1. The molecule has 1 fully saturated rings. The van der Waals surface area contributed by atoms with Crippen LogP contribution in [0.5, 0.6) is 0 Å². The zero-order valence-electron chi connectivity index (χ0n) is 15.8. The lowest BCUT2D eigenvalue weighted by Crippen LogP contribution is -2.49. The van der Waals surface area contributed by atoms with Crippen molar-refractivity contribution in [1.29, 1.82) is 0 Å². The number of likely N-dealkylation sites (N-methyl/N-ethyl adjacent to an activating group) is 1. The number of hydrogen-bond acceptors (Lipinski definition) is 5. The van der Waals surface area contributed by atoms with Crippen LogP contribution in [0, 0.1) is 11.7 Å². The van der Waals surface area contributed by atoms with Crippen LogP contribution >= 0.6 is 0 Å². The number of rotatable bonds is 7. The molecule has 150 valence electrons. The van der Waals surface area contributed by atoms with Crippen LogP contribution in [0.15, 0.2) is 30.5 Å². The highest BCUT2D eigenvalue weighted by molar-refractivity contribution is 5.92. The quantitative estimate of drug-likeness (QED) is 0.709. The topological polar surface area (TPSA) is 85.8 Å². The number of aldehydes is 1. The second-order valence-corrected chi connectivity index (χ2v) is 7.07. The van der Waals surface area contributed by atoms with E-state index in [1.165, 1.54) is 12.1 Å². The maximum absolute atomic E-state index is 13.5. The largest absolute Gasteiger partial charge is 0.465 e. The molecule has 0 aliphatic carbocycles. The number of piperidine rings is 1. The highest BCUT2D eigenvalue weighted by Gasteiger charge is 2.29. The molecular weight excluding hydrogens is 363 g/mol. The summed E-state index contributed by atoms with van der Waals surface area (Å²) in [5.74, 6) is 0.880. The first-order valence-electron chi connectivity index (χ1n) is 9.41. The molecule has 1 aromatic carbocycles. The minimum Gasteiger partial charge on any atom is -0.465 e. The summed E-state index contributed by atoms with van der Waals surface area (Å²) in [4.78, 5) is 29.9. The Bertz CT molecular complexity index is 839. The number of halogens is 1. The highest BCUT2D eigenvalue weighted by atomic mass is 19.1. The van der Waals surface area contributed by atoms with Crippen molar-refractivity contribution in [2.45, 2.75) is 18.9 Å². The second-order valence-electron chi connectivity index (χ2n) is 7.07. The standard InChI is InChI=1S/C20H25FN4O3/c1-22-18(13-25(10-11-26)20(27)28)14-5-8-24(9-6-14)19-17-3-2-16(21)12-15(17)4-7-23-19/h2-4,7,11-12,14,18,22H,5-6,8-10,13H2,1H3,(H,27,28). The number of hydrogen-bond donors (Lipinski definition) is 2. The van der Waals surface area contributed by atoms with Gasteiger partial charge in [-0.1, -0.05) is 0 Å². The number of carbonyl (C=O) groups excluding carboxylic acids is 1. The van der Waals surface area contributed by atoms with Gasteiger partial charge in [0.25, 0.3) is 0 Å². The minimum absolute atomic E-state index is 0.0206. The molecule has 0 radical (unpaired) electrons. The Hall–Kier alpha value is -2.74. The van der Waals surface area contributed by atoms with E-state index in [0.717, 1.165) is 47.4 Å². The first-order chi connectivity index (χ1) is 13.5. The molecule has 2 aromatic rings. The smallest absolute Gasteiger partial charge is 0.407 e. The van der Waals surface area contributed by atoms with E-state index in [2.05, 4.69) is 15.2 Å². The first-order valence-corrected chi connectivity index (χ1v) is 9.41. The van der Waals surface area contributed by atoms with Gasteiger partial charge in [0.2, 0.25) is 0 Å². The van der Waals surface area contributed by atoms with Crippen LogP contribution in [0.4, 0.5) is 15.0 Å². The van der Waals surface area contributed by atoms with Crippen molar-refractivity contribution in [3.8, 4) is 0 Å². The molecule has 1 saturated heterocycles. The summed E-state index contributed by atoms with van der Waals surface area (Å²) < 4.78 is 13.5. The van der Waals surface area contributed by atoms with Gasteiger partial charge >= 0.3 is 6.09 Å². The number of amides is 1. The summed E-state index contributed by atoms with van der Waals surface area (Å²) in [7, 11) is 1.82. The molecule has 1 atom stereocenters. The molecule has 3 rings (SSSR count). The van der Waals surface area contributed by atoms with Gasteiger partial charge < -0.3 is 20.1 Å². The summed E-state index contributed by atoms with van der Waals surface area (Å²) in [6.45, 7) is 1.73. The van der Waals surface area contributed by atoms with Gasteiger partial charge in [-0.3, -0.25) is 4.90 Å². The summed E-state index contributed by atoms with van der Waals surface area (Å²) >= 11 is 0. The fourth-order valence-corrected chi connectivity index (χ4v) is 3.93. The van der Waals surface area contributed by atoms with E-state index in [0.29, 0.717) is 12.2 Å². The van der Waals surface area contributed by atoms with E-state index in [-0.39, 0.29) is 24.9 Å². The fraction of sp³-hybridized carbons (Fsp3) is 0.450. The van der Waals surface area contributed by atoms with Gasteiger partial charge in [-0.05, 0) is 55.5 Å². The minimum atomic E-state index is -1.09. The van der Waals surface area contributed by atoms with Crippen LogP contribution in [0.25, 0.3) is 10.8 Å². The predicted molar refractivity (Wildman–Crippen MR) is 105 cm³/mol. The number of nitrogens with zero attached hydrogens (tertiary/aromatic N) is 3. The number of pyridine rings is 1. The van der Waals surface area contributed by atoms with Gasteiger partial charge in [-0.2, -0.15) is 0 Å². The van der Waals surface area contributed by atoms with Crippen molar-refractivity contribution in [1.82, 2.24) is 15.2 Å². The number of fused-ring (bicyclic) bond motifs is 1. The molecule has 8 heteroatoms. The Morgan fingerprint density at radius 2 is 2.18 bits per heavy atom.